The lowest BCUT2D eigenvalue weighted by Crippen LogP contribution is -1.94. The summed E-state index contributed by atoms with van der Waals surface area (Å²) in [5, 5.41) is 4.15. The molecule has 1 heterocycles. The van der Waals surface area contributed by atoms with Crippen molar-refractivity contribution >= 4 is 5.82 Å². The second-order valence-corrected chi connectivity index (χ2v) is 4.90. The first-order chi connectivity index (χ1) is 10.2. The summed E-state index contributed by atoms with van der Waals surface area (Å²) in [5.74, 6) is 1.38. The normalized spacial score (nSPS) is 10.5. The van der Waals surface area contributed by atoms with Crippen molar-refractivity contribution in [3.8, 4) is 16.9 Å². The van der Waals surface area contributed by atoms with Crippen molar-refractivity contribution in [1.82, 2.24) is 9.78 Å². The molecule has 0 atom stereocenters. The quantitative estimate of drug-likeness (QED) is 0.797. The van der Waals surface area contributed by atoms with E-state index in [0.717, 1.165) is 22.4 Å². The van der Waals surface area contributed by atoms with E-state index in [1.54, 1.807) is 4.68 Å². The van der Waals surface area contributed by atoms with Crippen LogP contribution in [-0.4, -0.2) is 9.78 Å². The van der Waals surface area contributed by atoms with Gasteiger partial charge >= 0.3 is 0 Å². The van der Waals surface area contributed by atoms with Crippen LogP contribution in [0.15, 0.2) is 60.8 Å². The number of aryl methyl sites for hydroxylation is 1. The van der Waals surface area contributed by atoms with Crippen molar-refractivity contribution in [3.63, 3.8) is 0 Å². The predicted molar refractivity (Wildman–Crippen MR) is 83.8 cm³/mol. The number of benzene rings is 2. The Hall–Kier alpha value is -2.75. The third-order valence-electron chi connectivity index (χ3n) is 3.27. The number of aromatic nitrogens is 2. The third-order valence-corrected chi connectivity index (χ3v) is 3.27. The van der Waals surface area contributed by atoms with E-state index in [9.17, 15) is 0 Å². The number of ether oxygens (including phenoxy) is 1. The molecule has 0 aliphatic rings. The van der Waals surface area contributed by atoms with Crippen LogP contribution in [0.5, 0.6) is 5.75 Å². The van der Waals surface area contributed by atoms with Gasteiger partial charge in [-0.15, -0.1) is 0 Å². The average molecular weight is 279 g/mol. The van der Waals surface area contributed by atoms with Gasteiger partial charge in [0.05, 0.1) is 0 Å². The van der Waals surface area contributed by atoms with Crippen LogP contribution in [-0.2, 0) is 13.7 Å². The standard InChI is InChI=1S/C17H17N3O/c1-20-11-16(17(18)19-20)14-7-9-15(10-8-14)21-12-13-5-3-2-4-6-13/h2-11H,12H2,1H3,(H2,18,19). The number of anilines is 1. The van der Waals surface area contributed by atoms with Gasteiger partial charge in [0.2, 0.25) is 0 Å². The summed E-state index contributed by atoms with van der Waals surface area (Å²) in [6.45, 7) is 0.565. The second-order valence-electron chi connectivity index (χ2n) is 4.90. The summed E-state index contributed by atoms with van der Waals surface area (Å²) in [7, 11) is 1.86. The fraction of sp³-hybridized carbons (Fsp3) is 0.118. The van der Waals surface area contributed by atoms with Gasteiger partial charge in [-0.25, -0.2) is 0 Å². The van der Waals surface area contributed by atoms with Crippen molar-refractivity contribution in [3.05, 3.63) is 66.4 Å². The molecule has 3 rings (SSSR count). The van der Waals surface area contributed by atoms with Gasteiger partial charge in [-0.05, 0) is 23.3 Å². The molecule has 2 N–H and O–H groups in total. The van der Waals surface area contributed by atoms with Crippen LogP contribution in [0.1, 0.15) is 5.56 Å². The van der Waals surface area contributed by atoms with Gasteiger partial charge in [0.25, 0.3) is 0 Å². The fourth-order valence-electron chi connectivity index (χ4n) is 2.20. The van der Waals surface area contributed by atoms with Gasteiger partial charge in [-0.3, -0.25) is 4.68 Å². The molecule has 0 saturated carbocycles. The molecule has 0 fully saturated rings. The SMILES string of the molecule is Cn1cc(-c2ccc(OCc3ccccc3)cc2)c(N)n1. The molecule has 0 radical (unpaired) electrons. The van der Waals surface area contributed by atoms with E-state index < -0.39 is 0 Å². The van der Waals surface area contributed by atoms with Crippen molar-refractivity contribution in [2.45, 2.75) is 6.61 Å². The highest BCUT2D eigenvalue weighted by Crippen LogP contribution is 2.26. The highest BCUT2D eigenvalue weighted by atomic mass is 16.5. The topological polar surface area (TPSA) is 53.1 Å². The first-order valence-corrected chi connectivity index (χ1v) is 6.78. The molecule has 0 aliphatic carbocycles. The van der Waals surface area contributed by atoms with Gasteiger partial charge in [0.1, 0.15) is 12.4 Å². The zero-order chi connectivity index (χ0) is 14.7. The monoisotopic (exact) mass is 279 g/mol. The number of nitrogen functional groups attached to an aromatic ring is 1. The van der Waals surface area contributed by atoms with E-state index in [2.05, 4.69) is 5.10 Å². The minimum absolute atomic E-state index is 0.537. The summed E-state index contributed by atoms with van der Waals surface area (Å²) < 4.78 is 7.48. The van der Waals surface area contributed by atoms with Crippen LogP contribution >= 0.6 is 0 Å². The average Bonchev–Trinajstić information content (AvgIpc) is 2.85. The Kier molecular flexibility index (Phi) is 3.60. The molecule has 0 saturated heterocycles. The molecule has 2 aromatic carbocycles. The second kappa shape index (κ2) is 5.71. The van der Waals surface area contributed by atoms with Crippen LogP contribution in [0.4, 0.5) is 5.82 Å². The molecule has 1 aromatic heterocycles. The minimum atomic E-state index is 0.537. The fourth-order valence-corrected chi connectivity index (χ4v) is 2.20. The van der Waals surface area contributed by atoms with E-state index in [1.165, 1.54) is 0 Å². The Morgan fingerprint density at radius 3 is 2.38 bits per heavy atom. The zero-order valence-electron chi connectivity index (χ0n) is 11.9. The lowest BCUT2D eigenvalue weighted by molar-refractivity contribution is 0.306. The highest BCUT2D eigenvalue weighted by molar-refractivity contribution is 5.73. The van der Waals surface area contributed by atoms with E-state index >= 15 is 0 Å². The van der Waals surface area contributed by atoms with Crippen LogP contribution in [0.3, 0.4) is 0 Å². The molecule has 4 nitrogen and oxygen atoms in total. The van der Waals surface area contributed by atoms with Gasteiger partial charge in [0, 0.05) is 18.8 Å². The summed E-state index contributed by atoms with van der Waals surface area (Å²) in [5.41, 5.74) is 9.01. The maximum atomic E-state index is 5.88. The maximum absolute atomic E-state index is 5.88. The number of nitrogens with zero attached hydrogens (tertiary/aromatic N) is 2. The lowest BCUT2D eigenvalue weighted by atomic mass is 10.1. The van der Waals surface area contributed by atoms with Gasteiger partial charge < -0.3 is 10.5 Å². The highest BCUT2D eigenvalue weighted by Gasteiger charge is 2.06. The molecule has 0 amide bonds. The number of nitrogens with two attached hydrogens (primary N) is 1. The Morgan fingerprint density at radius 2 is 1.76 bits per heavy atom. The molecule has 4 heteroatoms. The first-order valence-electron chi connectivity index (χ1n) is 6.78. The molecule has 3 aromatic rings. The van der Waals surface area contributed by atoms with Crippen molar-refractivity contribution < 1.29 is 4.74 Å². The molecule has 0 aliphatic heterocycles. The van der Waals surface area contributed by atoms with Crippen LogP contribution < -0.4 is 10.5 Å². The van der Waals surface area contributed by atoms with E-state index in [0.29, 0.717) is 12.4 Å². The van der Waals surface area contributed by atoms with Crippen molar-refractivity contribution in [2.75, 3.05) is 5.73 Å². The maximum Gasteiger partial charge on any atom is 0.153 e. The van der Waals surface area contributed by atoms with Gasteiger partial charge in [0.15, 0.2) is 5.82 Å². The van der Waals surface area contributed by atoms with Crippen LogP contribution in [0.2, 0.25) is 0 Å². The predicted octanol–water partition coefficient (Wildman–Crippen LogP) is 3.25. The van der Waals surface area contributed by atoms with E-state index in [1.807, 2.05) is 67.8 Å². The third kappa shape index (κ3) is 3.05. The Labute approximate surface area is 123 Å². The Balaban J connectivity index is 1.71. The zero-order valence-corrected chi connectivity index (χ0v) is 11.9. The Morgan fingerprint density at radius 1 is 1.05 bits per heavy atom. The molecule has 0 spiro atoms. The molecular weight excluding hydrogens is 262 g/mol. The molecular formula is C17H17N3O. The Bertz CT molecular complexity index is 718. The lowest BCUT2D eigenvalue weighted by Gasteiger charge is -2.07. The number of hydrogen-bond donors (Lipinski definition) is 1. The summed E-state index contributed by atoms with van der Waals surface area (Å²) in [6, 6.07) is 18.0. The van der Waals surface area contributed by atoms with E-state index in [4.69, 9.17) is 10.5 Å². The van der Waals surface area contributed by atoms with Crippen LogP contribution in [0, 0.1) is 0 Å². The largest absolute Gasteiger partial charge is 0.489 e. The van der Waals surface area contributed by atoms with E-state index in [-0.39, 0.29) is 0 Å². The number of rotatable bonds is 4. The number of hydrogen-bond acceptors (Lipinski definition) is 3. The smallest absolute Gasteiger partial charge is 0.153 e. The summed E-state index contributed by atoms with van der Waals surface area (Å²) in [4.78, 5) is 0. The summed E-state index contributed by atoms with van der Waals surface area (Å²) in [6.07, 6.45) is 1.91. The minimum Gasteiger partial charge on any atom is -0.489 e. The summed E-state index contributed by atoms with van der Waals surface area (Å²) >= 11 is 0. The van der Waals surface area contributed by atoms with Crippen molar-refractivity contribution in [2.24, 2.45) is 7.05 Å². The molecule has 21 heavy (non-hydrogen) atoms. The van der Waals surface area contributed by atoms with Crippen molar-refractivity contribution in [1.29, 1.82) is 0 Å². The van der Waals surface area contributed by atoms with Gasteiger partial charge in [-0.2, -0.15) is 5.10 Å². The first kappa shape index (κ1) is 13.2. The molecule has 0 bridgehead atoms. The molecule has 0 unspecified atom stereocenters. The van der Waals surface area contributed by atoms with Crippen LogP contribution in [0.25, 0.3) is 11.1 Å². The molecule has 106 valence electrons. The van der Waals surface area contributed by atoms with Gasteiger partial charge in [-0.1, -0.05) is 42.5 Å².